The van der Waals surface area contributed by atoms with Crippen molar-refractivity contribution >= 4 is 0 Å². The maximum atomic E-state index is 13.5. The van der Waals surface area contributed by atoms with E-state index in [0.29, 0.717) is 0 Å². The van der Waals surface area contributed by atoms with Gasteiger partial charge in [0.1, 0.15) is 5.82 Å². The van der Waals surface area contributed by atoms with E-state index in [2.05, 4.69) is 11.8 Å². The molecule has 19 heavy (non-hydrogen) atoms. The molecular weight excluding hydrogens is 243 g/mol. The molecule has 0 amide bonds. The molecule has 0 bridgehead atoms. The lowest BCUT2D eigenvalue weighted by molar-refractivity contribution is 0.125. The van der Waals surface area contributed by atoms with Crippen LogP contribution in [0.25, 0.3) is 0 Å². The molecule has 1 fully saturated rings. The summed E-state index contributed by atoms with van der Waals surface area (Å²) < 4.78 is 18.9. The first-order valence-electron chi connectivity index (χ1n) is 7.05. The zero-order valence-corrected chi connectivity index (χ0v) is 11.5. The van der Waals surface area contributed by atoms with Gasteiger partial charge in [-0.05, 0) is 30.5 Å². The first-order valence-corrected chi connectivity index (χ1v) is 7.05. The molecule has 0 aromatic heterocycles. The van der Waals surface area contributed by atoms with Crippen LogP contribution in [-0.2, 0) is 4.74 Å². The molecular formula is C15H23FN2O. The predicted octanol–water partition coefficient (Wildman–Crippen LogP) is 2.33. The molecule has 106 valence electrons. The Morgan fingerprint density at radius 1 is 1.37 bits per heavy atom. The van der Waals surface area contributed by atoms with Crippen LogP contribution >= 0.6 is 0 Å². The number of ether oxygens (including phenoxy) is 1. The van der Waals surface area contributed by atoms with Crippen LogP contribution in [0.2, 0.25) is 0 Å². The van der Waals surface area contributed by atoms with Gasteiger partial charge in [-0.2, -0.15) is 0 Å². The molecule has 2 unspecified atom stereocenters. The largest absolute Gasteiger partial charge is 0.380 e. The number of halogens is 1. The maximum absolute atomic E-state index is 13.5. The van der Waals surface area contributed by atoms with Crippen LogP contribution in [0, 0.1) is 5.82 Å². The fourth-order valence-electron chi connectivity index (χ4n) is 2.69. The van der Waals surface area contributed by atoms with Gasteiger partial charge in [0.25, 0.3) is 0 Å². The first-order chi connectivity index (χ1) is 9.22. The molecule has 1 aromatic carbocycles. The molecule has 0 aliphatic carbocycles. The first kappa shape index (κ1) is 14.4. The third-order valence-electron chi connectivity index (χ3n) is 3.72. The van der Waals surface area contributed by atoms with Gasteiger partial charge in [0, 0.05) is 25.7 Å². The predicted molar refractivity (Wildman–Crippen MR) is 74.4 cm³/mol. The highest BCUT2D eigenvalue weighted by Gasteiger charge is 2.26. The van der Waals surface area contributed by atoms with Gasteiger partial charge in [-0.3, -0.25) is 4.90 Å². The van der Waals surface area contributed by atoms with Crippen molar-refractivity contribution in [2.24, 2.45) is 5.73 Å². The average Bonchev–Trinajstić information content (AvgIpc) is 2.68. The Hall–Kier alpha value is -0.970. The van der Waals surface area contributed by atoms with Gasteiger partial charge in [0.2, 0.25) is 0 Å². The van der Waals surface area contributed by atoms with Gasteiger partial charge < -0.3 is 10.5 Å². The summed E-state index contributed by atoms with van der Waals surface area (Å²) in [6.07, 6.45) is 1.88. The second kappa shape index (κ2) is 6.98. The summed E-state index contributed by atoms with van der Waals surface area (Å²) in [5, 5.41) is 0. The van der Waals surface area contributed by atoms with E-state index in [4.69, 9.17) is 10.5 Å². The van der Waals surface area contributed by atoms with Gasteiger partial charge in [-0.1, -0.05) is 19.1 Å². The molecule has 1 heterocycles. The fraction of sp³-hybridized carbons (Fsp3) is 0.600. The highest BCUT2D eigenvalue weighted by molar-refractivity contribution is 5.22. The molecule has 0 radical (unpaired) electrons. The number of rotatable bonds is 4. The molecule has 4 heteroatoms. The van der Waals surface area contributed by atoms with E-state index in [9.17, 15) is 4.39 Å². The highest BCUT2D eigenvalue weighted by Crippen LogP contribution is 2.26. The van der Waals surface area contributed by atoms with Crippen molar-refractivity contribution < 1.29 is 9.13 Å². The average molecular weight is 266 g/mol. The zero-order chi connectivity index (χ0) is 13.7. The summed E-state index contributed by atoms with van der Waals surface area (Å²) in [4.78, 5) is 2.33. The van der Waals surface area contributed by atoms with E-state index < -0.39 is 0 Å². The second-order valence-corrected chi connectivity index (χ2v) is 5.07. The molecule has 2 N–H and O–H groups in total. The Bertz CT molecular complexity index is 391. The van der Waals surface area contributed by atoms with Crippen molar-refractivity contribution in [3.63, 3.8) is 0 Å². The monoisotopic (exact) mass is 266 g/mol. The normalized spacial score (nSPS) is 20.8. The lowest BCUT2D eigenvalue weighted by Crippen LogP contribution is -2.42. The molecule has 1 aliphatic rings. The summed E-state index contributed by atoms with van der Waals surface area (Å²) in [7, 11) is 0. The van der Waals surface area contributed by atoms with Crippen molar-refractivity contribution in [1.82, 2.24) is 4.90 Å². The summed E-state index contributed by atoms with van der Waals surface area (Å²) in [6, 6.07) is 6.89. The summed E-state index contributed by atoms with van der Waals surface area (Å²) in [6.45, 7) is 5.41. The van der Waals surface area contributed by atoms with E-state index in [0.717, 1.165) is 44.7 Å². The maximum Gasteiger partial charge on any atom is 0.123 e. The summed E-state index contributed by atoms with van der Waals surface area (Å²) in [5.41, 5.74) is 7.24. The van der Waals surface area contributed by atoms with E-state index in [-0.39, 0.29) is 17.9 Å². The summed E-state index contributed by atoms with van der Waals surface area (Å²) >= 11 is 0. The Morgan fingerprint density at radius 3 is 2.95 bits per heavy atom. The minimum absolute atomic E-state index is 0.0138. The molecule has 0 saturated carbocycles. The van der Waals surface area contributed by atoms with E-state index >= 15 is 0 Å². The molecule has 0 spiro atoms. The Labute approximate surface area is 114 Å². The van der Waals surface area contributed by atoms with Crippen molar-refractivity contribution in [1.29, 1.82) is 0 Å². The van der Waals surface area contributed by atoms with Crippen molar-refractivity contribution in [2.45, 2.75) is 31.8 Å². The zero-order valence-electron chi connectivity index (χ0n) is 11.5. The fourth-order valence-corrected chi connectivity index (χ4v) is 2.69. The van der Waals surface area contributed by atoms with E-state index in [1.54, 1.807) is 12.1 Å². The van der Waals surface area contributed by atoms with Crippen molar-refractivity contribution in [3.8, 4) is 0 Å². The van der Waals surface area contributed by atoms with Crippen LogP contribution in [0.1, 0.15) is 31.4 Å². The topological polar surface area (TPSA) is 38.5 Å². The minimum Gasteiger partial charge on any atom is -0.380 e. The van der Waals surface area contributed by atoms with Crippen LogP contribution < -0.4 is 5.73 Å². The van der Waals surface area contributed by atoms with Gasteiger partial charge in [0.15, 0.2) is 0 Å². The molecule has 2 atom stereocenters. The van der Waals surface area contributed by atoms with Gasteiger partial charge in [-0.25, -0.2) is 4.39 Å². The van der Waals surface area contributed by atoms with Crippen molar-refractivity contribution in [2.75, 3.05) is 26.3 Å². The molecule has 1 aromatic rings. The van der Waals surface area contributed by atoms with Crippen molar-refractivity contribution in [3.05, 3.63) is 35.6 Å². The SMILES string of the molecule is CCC(N)C(c1cccc(F)c1)N1CCCOCC1. The number of nitrogens with zero attached hydrogens (tertiary/aromatic N) is 1. The number of nitrogens with two attached hydrogens (primary N) is 1. The van der Waals surface area contributed by atoms with E-state index in [1.165, 1.54) is 6.07 Å². The lowest BCUT2D eigenvalue weighted by atomic mass is 9.96. The number of hydrogen-bond donors (Lipinski definition) is 1. The van der Waals surface area contributed by atoms with Crippen LogP contribution in [0.4, 0.5) is 4.39 Å². The Balaban J connectivity index is 2.24. The smallest absolute Gasteiger partial charge is 0.123 e. The molecule has 2 rings (SSSR count). The molecule has 3 nitrogen and oxygen atoms in total. The van der Waals surface area contributed by atoms with Crippen LogP contribution in [0.5, 0.6) is 0 Å². The van der Waals surface area contributed by atoms with E-state index in [1.807, 2.05) is 6.07 Å². The molecule has 1 aliphatic heterocycles. The van der Waals surface area contributed by atoms with Crippen LogP contribution in [0.3, 0.4) is 0 Å². The lowest BCUT2D eigenvalue weighted by Gasteiger charge is -2.34. The quantitative estimate of drug-likeness (QED) is 0.909. The standard InChI is InChI=1S/C15H23FN2O/c1-2-14(17)15(12-5-3-6-13(16)11-12)18-7-4-9-19-10-8-18/h3,5-6,11,14-15H,2,4,7-10,17H2,1H3. The second-order valence-electron chi connectivity index (χ2n) is 5.07. The highest BCUT2D eigenvalue weighted by atomic mass is 19.1. The van der Waals surface area contributed by atoms with Gasteiger partial charge in [0.05, 0.1) is 12.6 Å². The van der Waals surface area contributed by atoms with Gasteiger partial charge in [-0.15, -0.1) is 0 Å². The molecule has 1 saturated heterocycles. The van der Waals surface area contributed by atoms with Crippen LogP contribution in [-0.4, -0.2) is 37.2 Å². The summed E-state index contributed by atoms with van der Waals surface area (Å²) in [5.74, 6) is -0.197. The minimum atomic E-state index is -0.197. The van der Waals surface area contributed by atoms with Gasteiger partial charge >= 0.3 is 0 Å². The Kier molecular flexibility index (Phi) is 5.31. The van der Waals surface area contributed by atoms with Crippen LogP contribution in [0.15, 0.2) is 24.3 Å². The third-order valence-corrected chi connectivity index (χ3v) is 3.72. The third kappa shape index (κ3) is 3.75. The number of benzene rings is 1. The number of hydrogen-bond acceptors (Lipinski definition) is 3. The Morgan fingerprint density at radius 2 is 2.21 bits per heavy atom.